The second kappa shape index (κ2) is 6.83. The number of methoxy groups -OCH3 is 2. The van der Waals surface area contributed by atoms with Crippen LogP contribution in [0.3, 0.4) is 0 Å². The van der Waals surface area contributed by atoms with Crippen LogP contribution in [0.15, 0.2) is 35.2 Å². The molecule has 124 valence electrons. The van der Waals surface area contributed by atoms with Gasteiger partial charge in [-0.05, 0) is 42.0 Å². The van der Waals surface area contributed by atoms with Crippen molar-refractivity contribution in [3.05, 3.63) is 40.8 Å². The number of carbonyl (C=O) groups excluding carboxylic acids is 1. The monoisotopic (exact) mass is 359 g/mol. The maximum atomic E-state index is 12.5. The van der Waals surface area contributed by atoms with E-state index in [1.54, 1.807) is 19.1 Å². The molecule has 0 spiro atoms. The summed E-state index contributed by atoms with van der Waals surface area (Å²) < 4.78 is 11.4. The number of fused-ring (bicyclic) bond motifs is 1. The van der Waals surface area contributed by atoms with Crippen molar-refractivity contribution < 1.29 is 14.3 Å². The predicted octanol–water partition coefficient (Wildman–Crippen LogP) is 4.08. The molecule has 6 heteroatoms. The zero-order valence-electron chi connectivity index (χ0n) is 13.7. The van der Waals surface area contributed by atoms with Crippen molar-refractivity contribution in [2.75, 3.05) is 20.8 Å². The van der Waals surface area contributed by atoms with Gasteiger partial charge in [0, 0.05) is 12.1 Å². The van der Waals surface area contributed by atoms with Crippen molar-refractivity contribution in [3.63, 3.8) is 0 Å². The lowest BCUT2D eigenvalue weighted by molar-refractivity contribution is -0.121. The maximum absolute atomic E-state index is 12.5. The van der Waals surface area contributed by atoms with Crippen LogP contribution in [0.2, 0.25) is 0 Å². The van der Waals surface area contributed by atoms with Crippen LogP contribution < -0.4 is 9.47 Å². The zero-order chi connectivity index (χ0) is 17.3. The summed E-state index contributed by atoms with van der Waals surface area (Å²) in [5.74, 6) is 1.40. The Morgan fingerprint density at radius 1 is 1.21 bits per heavy atom. The van der Waals surface area contributed by atoms with Crippen LogP contribution in [0.1, 0.15) is 12.5 Å². The van der Waals surface area contributed by atoms with E-state index in [-0.39, 0.29) is 5.91 Å². The van der Waals surface area contributed by atoms with E-state index in [1.165, 1.54) is 11.8 Å². The van der Waals surface area contributed by atoms with E-state index < -0.39 is 0 Å². The highest BCUT2D eigenvalue weighted by molar-refractivity contribution is 8.26. The third kappa shape index (κ3) is 2.87. The van der Waals surface area contributed by atoms with Gasteiger partial charge in [-0.1, -0.05) is 36.1 Å². The van der Waals surface area contributed by atoms with Crippen molar-refractivity contribution in [2.45, 2.75) is 6.92 Å². The molecule has 0 atom stereocenters. The minimum absolute atomic E-state index is 0.0607. The molecule has 1 amide bonds. The lowest BCUT2D eigenvalue weighted by Crippen LogP contribution is -2.27. The quantitative estimate of drug-likeness (QED) is 0.608. The molecule has 0 aromatic heterocycles. The van der Waals surface area contributed by atoms with Crippen LogP contribution >= 0.6 is 24.0 Å². The average Bonchev–Trinajstić information content (AvgIpc) is 2.87. The van der Waals surface area contributed by atoms with E-state index in [0.29, 0.717) is 21.5 Å². The molecule has 0 bridgehead atoms. The number of hydrogen-bond donors (Lipinski definition) is 0. The van der Waals surface area contributed by atoms with Gasteiger partial charge in [0.2, 0.25) is 0 Å². The lowest BCUT2D eigenvalue weighted by atomic mass is 10.0. The van der Waals surface area contributed by atoms with E-state index in [1.807, 2.05) is 43.3 Å². The molecule has 1 aliphatic rings. The van der Waals surface area contributed by atoms with Crippen LogP contribution in [0, 0.1) is 0 Å². The Labute approximate surface area is 150 Å². The van der Waals surface area contributed by atoms with Gasteiger partial charge in [-0.25, -0.2) is 0 Å². The topological polar surface area (TPSA) is 38.8 Å². The minimum atomic E-state index is -0.0607. The fourth-order valence-electron chi connectivity index (χ4n) is 2.66. The Morgan fingerprint density at radius 2 is 1.96 bits per heavy atom. The van der Waals surface area contributed by atoms with E-state index in [4.69, 9.17) is 21.7 Å². The summed E-state index contributed by atoms with van der Waals surface area (Å²) in [6, 6.07) is 9.74. The van der Waals surface area contributed by atoms with Crippen LogP contribution in [0.25, 0.3) is 16.8 Å². The fourth-order valence-corrected chi connectivity index (χ4v) is 4.03. The molecule has 2 aromatic rings. The highest BCUT2D eigenvalue weighted by Gasteiger charge is 2.31. The molecule has 4 nitrogen and oxygen atoms in total. The Hall–Kier alpha value is -2.05. The number of likely N-dealkylation sites (N-methyl/N-ethyl adjacent to an activating group) is 1. The number of thiocarbonyl (C=S) groups is 1. The average molecular weight is 359 g/mol. The zero-order valence-corrected chi connectivity index (χ0v) is 15.3. The van der Waals surface area contributed by atoms with Gasteiger partial charge in [0.25, 0.3) is 5.91 Å². The molecule has 24 heavy (non-hydrogen) atoms. The first-order chi connectivity index (χ1) is 11.6. The van der Waals surface area contributed by atoms with E-state index in [9.17, 15) is 4.79 Å². The molecule has 3 rings (SSSR count). The van der Waals surface area contributed by atoms with E-state index in [0.717, 1.165) is 22.1 Å². The number of carbonyl (C=O) groups is 1. The predicted molar refractivity (Wildman–Crippen MR) is 103 cm³/mol. The van der Waals surface area contributed by atoms with Crippen molar-refractivity contribution in [2.24, 2.45) is 0 Å². The molecule has 1 saturated heterocycles. The van der Waals surface area contributed by atoms with Gasteiger partial charge in [0.15, 0.2) is 0 Å². The summed E-state index contributed by atoms with van der Waals surface area (Å²) in [4.78, 5) is 14.7. The number of rotatable bonds is 4. The summed E-state index contributed by atoms with van der Waals surface area (Å²) in [7, 11) is 3.25. The molecule has 0 N–H and O–H groups in total. The first-order valence-electron chi connectivity index (χ1n) is 7.49. The molecule has 0 radical (unpaired) electrons. The number of amides is 1. The van der Waals surface area contributed by atoms with Crippen molar-refractivity contribution in [3.8, 4) is 11.5 Å². The first kappa shape index (κ1) is 16.8. The van der Waals surface area contributed by atoms with Crippen molar-refractivity contribution in [1.29, 1.82) is 0 Å². The normalized spacial score (nSPS) is 16.3. The van der Waals surface area contributed by atoms with Crippen molar-refractivity contribution in [1.82, 2.24) is 4.90 Å². The Balaban J connectivity index is 2.19. The van der Waals surface area contributed by atoms with Gasteiger partial charge in [-0.2, -0.15) is 0 Å². The largest absolute Gasteiger partial charge is 0.497 e. The number of benzene rings is 2. The molecular formula is C18H17NO3S2. The molecule has 1 aliphatic heterocycles. The summed E-state index contributed by atoms with van der Waals surface area (Å²) in [5, 5.41) is 2.02. The lowest BCUT2D eigenvalue weighted by Gasteiger charge is -2.11. The SMILES string of the molecule is CCN1C(=O)/C(=C/c2c(OC)ccc3ccc(OC)cc23)SC1=S. The second-order valence-electron chi connectivity index (χ2n) is 5.19. The third-order valence-electron chi connectivity index (χ3n) is 3.92. The summed E-state index contributed by atoms with van der Waals surface area (Å²) >= 11 is 6.60. The molecule has 0 saturated carbocycles. The van der Waals surface area contributed by atoms with Crippen LogP contribution in [0.4, 0.5) is 0 Å². The summed E-state index contributed by atoms with van der Waals surface area (Å²) in [5.41, 5.74) is 0.852. The van der Waals surface area contributed by atoms with E-state index in [2.05, 4.69) is 0 Å². The van der Waals surface area contributed by atoms with Gasteiger partial charge in [0.1, 0.15) is 15.8 Å². The number of nitrogens with zero attached hydrogens (tertiary/aromatic N) is 1. The molecule has 0 unspecified atom stereocenters. The fraction of sp³-hybridized carbons (Fsp3) is 0.222. The van der Waals surface area contributed by atoms with Crippen molar-refractivity contribution >= 4 is 51.1 Å². The van der Waals surface area contributed by atoms with Crippen LogP contribution in [-0.2, 0) is 4.79 Å². The number of ether oxygens (including phenoxy) is 2. The molecule has 0 aliphatic carbocycles. The number of hydrogen-bond acceptors (Lipinski definition) is 5. The highest BCUT2D eigenvalue weighted by Crippen LogP contribution is 2.37. The smallest absolute Gasteiger partial charge is 0.266 e. The van der Waals surface area contributed by atoms with Gasteiger partial charge in [-0.15, -0.1) is 0 Å². The first-order valence-corrected chi connectivity index (χ1v) is 8.71. The Bertz CT molecular complexity index is 855. The molecule has 1 fully saturated rings. The molecule has 2 aromatic carbocycles. The van der Waals surface area contributed by atoms with Crippen LogP contribution in [0.5, 0.6) is 11.5 Å². The number of thioether (sulfide) groups is 1. The summed E-state index contributed by atoms with van der Waals surface area (Å²) in [6.45, 7) is 2.49. The summed E-state index contributed by atoms with van der Waals surface area (Å²) in [6.07, 6.45) is 1.86. The highest BCUT2D eigenvalue weighted by atomic mass is 32.2. The van der Waals surface area contributed by atoms with Gasteiger partial charge in [-0.3, -0.25) is 9.69 Å². The third-order valence-corrected chi connectivity index (χ3v) is 5.29. The maximum Gasteiger partial charge on any atom is 0.266 e. The van der Waals surface area contributed by atoms with Gasteiger partial charge >= 0.3 is 0 Å². The minimum Gasteiger partial charge on any atom is -0.497 e. The molecule has 1 heterocycles. The standard InChI is InChI=1S/C18H17NO3S2/c1-4-19-17(20)16(24-18(19)23)10-14-13-9-12(21-2)7-5-11(13)6-8-15(14)22-3/h5-10H,4H2,1-3H3/b16-10-. The Kier molecular flexibility index (Phi) is 4.78. The van der Waals surface area contributed by atoms with Gasteiger partial charge in [0.05, 0.1) is 19.1 Å². The second-order valence-corrected chi connectivity index (χ2v) is 6.87. The Morgan fingerprint density at radius 3 is 2.58 bits per heavy atom. The van der Waals surface area contributed by atoms with E-state index >= 15 is 0 Å². The molecular weight excluding hydrogens is 342 g/mol. The van der Waals surface area contributed by atoms with Gasteiger partial charge < -0.3 is 9.47 Å². The van der Waals surface area contributed by atoms with Crippen LogP contribution in [-0.4, -0.2) is 35.9 Å².